The molecule has 0 aliphatic rings. The maximum Gasteiger partial charge on any atom is 0.229 e. The lowest BCUT2D eigenvalue weighted by Crippen LogP contribution is -2.11. The summed E-state index contributed by atoms with van der Waals surface area (Å²) >= 11 is 0. The van der Waals surface area contributed by atoms with Crippen LogP contribution in [-0.2, 0) is 10.0 Å². The quantitative estimate of drug-likeness (QED) is 0.880. The Labute approximate surface area is 97.2 Å². The van der Waals surface area contributed by atoms with Crippen molar-refractivity contribution in [3.05, 3.63) is 24.0 Å². The van der Waals surface area contributed by atoms with E-state index >= 15 is 0 Å². The van der Waals surface area contributed by atoms with Gasteiger partial charge >= 0.3 is 0 Å². The van der Waals surface area contributed by atoms with Crippen LogP contribution in [0.4, 0.5) is 5.69 Å². The van der Waals surface area contributed by atoms with Crippen LogP contribution in [0.3, 0.4) is 0 Å². The Bertz CT molecular complexity index is 455. The van der Waals surface area contributed by atoms with E-state index in [9.17, 15) is 8.42 Å². The first-order valence-electron chi connectivity index (χ1n) is 5.22. The van der Waals surface area contributed by atoms with Crippen LogP contribution >= 0.6 is 0 Å². The zero-order valence-electron chi connectivity index (χ0n) is 10.1. The predicted octanol–water partition coefficient (Wildman–Crippen LogP) is 2.21. The Morgan fingerprint density at radius 3 is 2.38 bits per heavy atom. The third-order valence-corrected chi connectivity index (χ3v) is 3.19. The zero-order valence-corrected chi connectivity index (χ0v) is 10.9. The third kappa shape index (κ3) is 3.81. The number of nitrogens with one attached hydrogen (secondary N) is 1. The Morgan fingerprint density at radius 1 is 1.25 bits per heavy atom. The van der Waals surface area contributed by atoms with Gasteiger partial charge in [0.25, 0.3) is 0 Å². The molecular formula is C11H18N2O2S. The van der Waals surface area contributed by atoms with Crippen molar-refractivity contribution in [2.75, 3.05) is 11.0 Å². The van der Waals surface area contributed by atoms with Crippen LogP contribution < -0.4 is 4.72 Å². The van der Waals surface area contributed by atoms with E-state index in [0.29, 0.717) is 17.5 Å². The molecule has 1 rings (SSSR count). The van der Waals surface area contributed by atoms with Crippen LogP contribution in [0.5, 0.6) is 0 Å². The first kappa shape index (κ1) is 13.0. The molecule has 1 atom stereocenters. The Balaban J connectivity index is 2.95. The van der Waals surface area contributed by atoms with Crippen molar-refractivity contribution in [1.29, 1.82) is 0 Å². The van der Waals surface area contributed by atoms with Crippen molar-refractivity contribution in [2.45, 2.75) is 26.7 Å². The summed E-state index contributed by atoms with van der Waals surface area (Å²) in [5.74, 6) is 0.851. The molecule has 0 bridgehead atoms. The lowest BCUT2D eigenvalue weighted by atomic mass is 9.91. The average Bonchev–Trinajstić information content (AvgIpc) is 2.14. The highest BCUT2D eigenvalue weighted by molar-refractivity contribution is 7.92. The van der Waals surface area contributed by atoms with Crippen LogP contribution in [0.15, 0.2) is 18.5 Å². The molecule has 0 radical (unpaired) electrons. The van der Waals surface area contributed by atoms with Crippen molar-refractivity contribution in [3.63, 3.8) is 0 Å². The first-order chi connectivity index (χ1) is 7.29. The summed E-state index contributed by atoms with van der Waals surface area (Å²) in [5.41, 5.74) is 1.57. The molecule has 90 valence electrons. The van der Waals surface area contributed by atoms with Crippen LogP contribution in [0, 0.1) is 5.92 Å². The summed E-state index contributed by atoms with van der Waals surface area (Å²) in [5, 5.41) is 0. The van der Waals surface area contributed by atoms with E-state index < -0.39 is 10.0 Å². The van der Waals surface area contributed by atoms with Gasteiger partial charge < -0.3 is 0 Å². The van der Waals surface area contributed by atoms with Crippen molar-refractivity contribution < 1.29 is 8.42 Å². The second kappa shape index (κ2) is 4.82. The number of nitrogens with zero attached hydrogens (tertiary/aromatic N) is 1. The van der Waals surface area contributed by atoms with Gasteiger partial charge in [0.15, 0.2) is 0 Å². The molecule has 0 fully saturated rings. The minimum atomic E-state index is -3.23. The standard InChI is InChI=1S/C11H18N2O2S/c1-8(2)9(3)10-5-11(7-12-6-10)13-16(4,14)15/h5-9,13H,1-4H3. The zero-order chi connectivity index (χ0) is 12.3. The summed E-state index contributed by atoms with van der Waals surface area (Å²) < 4.78 is 24.6. The van der Waals surface area contributed by atoms with Crippen molar-refractivity contribution in [3.8, 4) is 0 Å². The summed E-state index contributed by atoms with van der Waals surface area (Å²) in [6, 6.07) is 1.83. The lowest BCUT2D eigenvalue weighted by Gasteiger charge is -2.16. The number of hydrogen-bond donors (Lipinski definition) is 1. The van der Waals surface area contributed by atoms with E-state index in [-0.39, 0.29) is 0 Å². The molecule has 0 saturated heterocycles. The van der Waals surface area contributed by atoms with Gasteiger partial charge in [-0.05, 0) is 23.5 Å². The number of aromatic nitrogens is 1. The minimum absolute atomic E-state index is 0.355. The number of rotatable bonds is 4. The smallest absolute Gasteiger partial charge is 0.229 e. The number of pyridine rings is 1. The van der Waals surface area contributed by atoms with Crippen LogP contribution in [-0.4, -0.2) is 19.7 Å². The van der Waals surface area contributed by atoms with E-state index in [1.54, 1.807) is 6.20 Å². The predicted molar refractivity (Wildman–Crippen MR) is 66.0 cm³/mol. The molecule has 1 N–H and O–H groups in total. The Hall–Kier alpha value is -1.10. The second-order valence-electron chi connectivity index (χ2n) is 4.41. The van der Waals surface area contributed by atoms with E-state index in [2.05, 4.69) is 30.5 Å². The molecule has 5 heteroatoms. The van der Waals surface area contributed by atoms with Crippen LogP contribution in [0.2, 0.25) is 0 Å². The topological polar surface area (TPSA) is 59.1 Å². The lowest BCUT2D eigenvalue weighted by molar-refractivity contribution is 0.534. The summed E-state index contributed by atoms with van der Waals surface area (Å²) in [4.78, 5) is 4.05. The van der Waals surface area contributed by atoms with Gasteiger partial charge in [-0.1, -0.05) is 20.8 Å². The maximum absolute atomic E-state index is 11.1. The monoisotopic (exact) mass is 242 g/mol. The molecule has 0 aromatic carbocycles. The number of hydrogen-bond acceptors (Lipinski definition) is 3. The van der Waals surface area contributed by atoms with Gasteiger partial charge in [-0.25, -0.2) is 8.42 Å². The van der Waals surface area contributed by atoms with E-state index in [0.717, 1.165) is 11.8 Å². The Kier molecular flexibility index (Phi) is 3.91. The molecule has 0 aliphatic carbocycles. The fraction of sp³-hybridized carbons (Fsp3) is 0.545. The summed E-state index contributed by atoms with van der Waals surface area (Å²) in [7, 11) is -3.23. The summed E-state index contributed by atoms with van der Waals surface area (Å²) in [6.07, 6.45) is 4.42. The van der Waals surface area contributed by atoms with Gasteiger partial charge in [0.2, 0.25) is 10.0 Å². The number of sulfonamides is 1. The third-order valence-electron chi connectivity index (χ3n) is 2.59. The summed E-state index contributed by atoms with van der Waals surface area (Å²) in [6.45, 7) is 6.36. The normalized spacial score (nSPS) is 13.8. The molecular weight excluding hydrogens is 224 g/mol. The second-order valence-corrected chi connectivity index (χ2v) is 6.16. The van der Waals surface area contributed by atoms with Gasteiger partial charge in [0.05, 0.1) is 18.1 Å². The fourth-order valence-corrected chi connectivity index (χ4v) is 1.90. The van der Waals surface area contributed by atoms with Crippen LogP contribution in [0.25, 0.3) is 0 Å². The van der Waals surface area contributed by atoms with E-state index in [1.165, 1.54) is 6.20 Å². The van der Waals surface area contributed by atoms with Gasteiger partial charge in [-0.15, -0.1) is 0 Å². The first-order valence-corrected chi connectivity index (χ1v) is 7.11. The molecule has 0 spiro atoms. The molecule has 1 heterocycles. The fourth-order valence-electron chi connectivity index (χ4n) is 1.36. The number of anilines is 1. The van der Waals surface area contributed by atoms with Gasteiger partial charge in [-0.2, -0.15) is 0 Å². The van der Waals surface area contributed by atoms with Crippen LogP contribution in [0.1, 0.15) is 32.3 Å². The molecule has 1 aromatic heterocycles. The van der Waals surface area contributed by atoms with Gasteiger partial charge in [-0.3, -0.25) is 9.71 Å². The highest BCUT2D eigenvalue weighted by Gasteiger charge is 2.11. The maximum atomic E-state index is 11.1. The van der Waals surface area contributed by atoms with Crippen molar-refractivity contribution in [2.24, 2.45) is 5.92 Å². The highest BCUT2D eigenvalue weighted by atomic mass is 32.2. The SMILES string of the molecule is CC(C)C(C)c1cncc(NS(C)(=O)=O)c1. The van der Waals surface area contributed by atoms with Crippen molar-refractivity contribution >= 4 is 15.7 Å². The largest absolute Gasteiger partial charge is 0.282 e. The van der Waals surface area contributed by atoms with E-state index in [4.69, 9.17) is 0 Å². The molecule has 1 unspecified atom stereocenters. The van der Waals surface area contributed by atoms with E-state index in [1.807, 2.05) is 6.07 Å². The minimum Gasteiger partial charge on any atom is -0.282 e. The molecule has 4 nitrogen and oxygen atoms in total. The van der Waals surface area contributed by atoms with Crippen molar-refractivity contribution in [1.82, 2.24) is 4.98 Å². The van der Waals surface area contributed by atoms with Gasteiger partial charge in [0, 0.05) is 6.20 Å². The van der Waals surface area contributed by atoms with Gasteiger partial charge in [0.1, 0.15) is 0 Å². The molecule has 0 amide bonds. The molecule has 0 aliphatic heterocycles. The molecule has 16 heavy (non-hydrogen) atoms. The molecule has 1 aromatic rings. The highest BCUT2D eigenvalue weighted by Crippen LogP contribution is 2.24. The Morgan fingerprint density at radius 2 is 1.88 bits per heavy atom. The molecule has 0 saturated carbocycles. The average molecular weight is 242 g/mol.